The number of nitrogens with zero attached hydrogens (tertiary/aromatic N) is 3. The molecule has 3 aliphatic heterocycles. The predicted octanol–water partition coefficient (Wildman–Crippen LogP) is 4.88. The third-order valence-electron chi connectivity index (χ3n) is 8.16. The maximum absolute atomic E-state index is 15.3. The van der Waals surface area contributed by atoms with Crippen LogP contribution in [0.15, 0.2) is 23.4 Å². The molecule has 13 heteroatoms. The Balaban J connectivity index is 0.00000461. The largest absolute Gasteiger partial charge is 0.493 e. The van der Waals surface area contributed by atoms with Crippen molar-refractivity contribution >= 4 is 41.4 Å². The molecule has 0 spiro atoms. The summed E-state index contributed by atoms with van der Waals surface area (Å²) in [6.07, 6.45) is 1.86. The number of amidine groups is 1. The number of rotatable bonds is 10. The molecule has 2 aromatic carbocycles. The highest BCUT2D eigenvalue weighted by Crippen LogP contribution is 2.42. The van der Waals surface area contributed by atoms with Crippen molar-refractivity contribution in [2.45, 2.75) is 58.1 Å². The lowest BCUT2D eigenvalue weighted by atomic mass is 9.84. The molecule has 0 aromatic heterocycles. The molecule has 244 valence electrons. The number of nitrogens with one attached hydrogen (secondary N) is 1. The second-order valence-electron chi connectivity index (χ2n) is 12.2. The van der Waals surface area contributed by atoms with Gasteiger partial charge >= 0.3 is 5.97 Å². The van der Waals surface area contributed by atoms with Crippen LogP contribution in [0.5, 0.6) is 17.2 Å². The van der Waals surface area contributed by atoms with Crippen molar-refractivity contribution in [3.63, 3.8) is 0 Å². The van der Waals surface area contributed by atoms with Crippen LogP contribution in [-0.2, 0) is 26.3 Å². The second-order valence-corrected chi connectivity index (χ2v) is 12.2. The van der Waals surface area contributed by atoms with E-state index < -0.39 is 23.3 Å². The highest BCUT2D eigenvalue weighted by Gasteiger charge is 2.35. The number of esters is 1. The summed E-state index contributed by atoms with van der Waals surface area (Å²) in [4.78, 5) is 34.9. The van der Waals surface area contributed by atoms with Crippen molar-refractivity contribution in [2.24, 2.45) is 5.16 Å². The Kier molecular flexibility index (Phi) is 10.2. The van der Waals surface area contributed by atoms with E-state index in [1.807, 2.05) is 12.1 Å². The van der Waals surface area contributed by atoms with Gasteiger partial charge in [0.25, 0.3) is 0 Å². The topological polar surface area (TPSA) is 123 Å². The molecule has 0 amide bonds. The van der Waals surface area contributed by atoms with Crippen LogP contribution < -0.4 is 19.1 Å². The smallest absolute Gasteiger partial charge is 0.355 e. The molecule has 5 rings (SSSR count). The van der Waals surface area contributed by atoms with E-state index >= 15 is 4.39 Å². The van der Waals surface area contributed by atoms with Crippen molar-refractivity contribution in [1.29, 1.82) is 5.41 Å². The van der Waals surface area contributed by atoms with E-state index in [-0.39, 0.29) is 72.9 Å². The third kappa shape index (κ3) is 6.66. The average molecular weight is 647 g/mol. The van der Waals surface area contributed by atoms with Gasteiger partial charge in [-0.15, -0.1) is 12.4 Å². The van der Waals surface area contributed by atoms with Gasteiger partial charge in [-0.2, -0.15) is 0 Å². The standard InChI is InChI=1S/C32H39FN4O7.ClH/c1-32(2,3)21-11-18(24(38)16-37-15-19-13-25(40-4)29(41-5)27(33)26(19)30(37)34)12-23(36-9-7-8-10-36)28(21)43-17-20-14-22(35-44-20)31(39)42-6;/h11-13,20,34H,7-10,14-17H2,1-6H3;1H. The molecule has 3 heterocycles. The molecule has 3 aliphatic rings. The molecule has 45 heavy (non-hydrogen) atoms. The third-order valence-corrected chi connectivity index (χ3v) is 8.16. The first-order valence-corrected chi connectivity index (χ1v) is 14.6. The molecule has 1 N–H and O–H groups in total. The fraction of sp³-hybridized carbons (Fsp3) is 0.500. The van der Waals surface area contributed by atoms with Gasteiger partial charge in [0, 0.05) is 37.2 Å². The van der Waals surface area contributed by atoms with Gasteiger partial charge in [-0.25, -0.2) is 9.18 Å². The first-order valence-electron chi connectivity index (χ1n) is 14.6. The van der Waals surface area contributed by atoms with Crippen LogP contribution in [0.3, 0.4) is 0 Å². The fourth-order valence-electron chi connectivity index (χ4n) is 5.83. The van der Waals surface area contributed by atoms with E-state index in [0.717, 1.165) is 37.2 Å². The quantitative estimate of drug-likeness (QED) is 0.284. The fourth-order valence-corrected chi connectivity index (χ4v) is 5.83. The average Bonchev–Trinajstić information content (AvgIpc) is 3.76. The molecular formula is C32H40ClFN4O7. The van der Waals surface area contributed by atoms with Crippen molar-refractivity contribution < 1.29 is 37.8 Å². The Hall–Kier alpha value is -4.06. The van der Waals surface area contributed by atoms with Crippen LogP contribution in [0.25, 0.3) is 0 Å². The van der Waals surface area contributed by atoms with Crippen molar-refractivity contribution in [2.75, 3.05) is 52.5 Å². The molecule has 1 saturated heterocycles. The molecule has 1 unspecified atom stereocenters. The number of ketones is 1. The Morgan fingerprint density at radius 2 is 1.80 bits per heavy atom. The van der Waals surface area contributed by atoms with Gasteiger partial charge < -0.3 is 33.6 Å². The maximum atomic E-state index is 15.3. The lowest BCUT2D eigenvalue weighted by Crippen LogP contribution is -2.31. The van der Waals surface area contributed by atoms with Crippen LogP contribution in [0.2, 0.25) is 0 Å². The number of hydrogen-bond acceptors (Lipinski definition) is 10. The number of halogens is 2. The summed E-state index contributed by atoms with van der Waals surface area (Å²) in [5.74, 6) is -0.651. The molecule has 1 fully saturated rings. The summed E-state index contributed by atoms with van der Waals surface area (Å²) in [5.41, 5.74) is 2.63. The number of Topliss-reactive ketones (excluding diaryl/α,β-unsaturated/α-hetero) is 1. The van der Waals surface area contributed by atoms with Gasteiger partial charge in [0.1, 0.15) is 18.2 Å². The minimum Gasteiger partial charge on any atom is -0.493 e. The Morgan fingerprint density at radius 3 is 2.42 bits per heavy atom. The van der Waals surface area contributed by atoms with Crippen LogP contribution in [0.4, 0.5) is 10.1 Å². The highest BCUT2D eigenvalue weighted by atomic mass is 35.5. The van der Waals surface area contributed by atoms with Crippen LogP contribution in [0.1, 0.15) is 67.1 Å². The number of methoxy groups -OCH3 is 3. The summed E-state index contributed by atoms with van der Waals surface area (Å²) < 4.78 is 37.0. The summed E-state index contributed by atoms with van der Waals surface area (Å²) >= 11 is 0. The Morgan fingerprint density at radius 1 is 1.09 bits per heavy atom. The van der Waals surface area contributed by atoms with Crippen molar-refractivity contribution in [3.8, 4) is 17.2 Å². The number of ether oxygens (including phenoxy) is 4. The monoisotopic (exact) mass is 646 g/mol. The zero-order chi connectivity index (χ0) is 31.8. The minimum absolute atomic E-state index is 0. The lowest BCUT2D eigenvalue weighted by Gasteiger charge is -2.30. The summed E-state index contributed by atoms with van der Waals surface area (Å²) in [6.45, 7) is 8.05. The molecule has 0 radical (unpaired) electrons. The van der Waals surface area contributed by atoms with Crippen LogP contribution >= 0.6 is 12.4 Å². The van der Waals surface area contributed by atoms with E-state index in [2.05, 4.69) is 30.8 Å². The molecule has 2 aromatic rings. The normalized spacial score (nSPS) is 17.4. The van der Waals surface area contributed by atoms with E-state index in [1.54, 1.807) is 11.0 Å². The summed E-state index contributed by atoms with van der Waals surface area (Å²) in [5, 5.41) is 12.5. The lowest BCUT2D eigenvalue weighted by molar-refractivity contribution is -0.132. The van der Waals surface area contributed by atoms with Crippen molar-refractivity contribution in [3.05, 3.63) is 46.3 Å². The summed E-state index contributed by atoms with van der Waals surface area (Å²) in [6, 6.07) is 5.35. The van der Waals surface area contributed by atoms with E-state index in [9.17, 15) is 9.59 Å². The molecule has 1 atom stereocenters. The Labute approximate surface area is 268 Å². The van der Waals surface area contributed by atoms with Crippen molar-refractivity contribution in [1.82, 2.24) is 4.90 Å². The van der Waals surface area contributed by atoms with E-state index in [1.165, 1.54) is 21.3 Å². The zero-order valence-electron chi connectivity index (χ0n) is 26.5. The number of fused-ring (bicyclic) bond motifs is 1. The van der Waals surface area contributed by atoms with Crippen LogP contribution in [0, 0.1) is 11.2 Å². The maximum Gasteiger partial charge on any atom is 0.355 e. The van der Waals surface area contributed by atoms with Gasteiger partial charge in [-0.05, 0) is 42.0 Å². The Bertz CT molecular complexity index is 1520. The number of hydrogen-bond donors (Lipinski definition) is 1. The van der Waals surface area contributed by atoms with Gasteiger partial charge in [0.15, 0.2) is 34.9 Å². The van der Waals surface area contributed by atoms with E-state index in [4.69, 9.17) is 29.2 Å². The molecule has 0 bridgehead atoms. The highest BCUT2D eigenvalue weighted by molar-refractivity contribution is 6.36. The zero-order valence-corrected chi connectivity index (χ0v) is 27.3. The first kappa shape index (κ1) is 33.8. The van der Waals surface area contributed by atoms with Crippen LogP contribution in [-0.4, -0.2) is 81.9 Å². The van der Waals surface area contributed by atoms with Gasteiger partial charge in [-0.1, -0.05) is 25.9 Å². The molecular weight excluding hydrogens is 607 g/mol. The number of carbonyl (C=O) groups is 2. The molecule has 11 nitrogen and oxygen atoms in total. The number of anilines is 1. The number of carbonyl (C=O) groups excluding carboxylic acids is 2. The van der Waals surface area contributed by atoms with Gasteiger partial charge in [-0.3, -0.25) is 10.2 Å². The SMILES string of the molecule is COC(=O)C1=NOC(COc2c(N3CCCC3)cc(C(=O)CN3Cc4cc(OC)c(OC)c(F)c4C3=N)cc2C(C)(C)C)C1.Cl. The predicted molar refractivity (Wildman–Crippen MR) is 169 cm³/mol. The van der Waals surface area contributed by atoms with E-state index in [0.29, 0.717) is 16.9 Å². The first-order chi connectivity index (χ1) is 21.0. The number of benzene rings is 2. The number of oxime groups is 1. The summed E-state index contributed by atoms with van der Waals surface area (Å²) in [7, 11) is 4.07. The van der Waals surface area contributed by atoms with Gasteiger partial charge in [0.05, 0.1) is 39.1 Å². The molecule has 0 saturated carbocycles. The second kappa shape index (κ2) is 13.5. The minimum atomic E-state index is -0.676. The molecule has 0 aliphatic carbocycles. The van der Waals surface area contributed by atoms with Gasteiger partial charge in [0.2, 0.25) is 0 Å².